The molecule has 2 rings (SSSR count). The third-order valence-corrected chi connectivity index (χ3v) is 4.98. The average Bonchev–Trinajstić information content (AvgIpc) is 2.32. The van der Waals surface area contributed by atoms with Crippen molar-refractivity contribution in [2.75, 3.05) is 24.6 Å². The summed E-state index contributed by atoms with van der Waals surface area (Å²) < 4.78 is 0. The highest BCUT2D eigenvalue weighted by Crippen LogP contribution is 2.24. The van der Waals surface area contributed by atoms with E-state index in [1.807, 2.05) is 0 Å². The minimum Gasteiger partial charge on any atom is -0.316 e. The Morgan fingerprint density at radius 2 is 1.40 bits per heavy atom. The lowest BCUT2D eigenvalue weighted by Gasteiger charge is -2.25. The molecule has 1 N–H and O–H groups in total. The highest BCUT2D eigenvalue weighted by atomic mass is 32.2. The molecule has 0 amide bonds. The van der Waals surface area contributed by atoms with Crippen LogP contribution in [-0.2, 0) is 0 Å². The SMILES string of the molecule is C1CCC(CNCC2CCSCC2)CC1. The van der Waals surface area contributed by atoms with Crippen molar-refractivity contribution in [2.24, 2.45) is 11.8 Å². The van der Waals surface area contributed by atoms with E-state index in [1.54, 1.807) is 0 Å². The highest BCUT2D eigenvalue weighted by Gasteiger charge is 2.15. The van der Waals surface area contributed by atoms with Gasteiger partial charge in [0.25, 0.3) is 0 Å². The maximum Gasteiger partial charge on any atom is -0.00198 e. The fourth-order valence-electron chi connectivity index (χ4n) is 2.83. The van der Waals surface area contributed by atoms with Crippen molar-refractivity contribution in [1.29, 1.82) is 0 Å². The molecular formula is C13H25NS. The molecule has 1 heterocycles. The first-order chi connectivity index (χ1) is 7.45. The van der Waals surface area contributed by atoms with Crippen LogP contribution < -0.4 is 5.32 Å². The van der Waals surface area contributed by atoms with Gasteiger partial charge in [-0.2, -0.15) is 11.8 Å². The lowest BCUT2D eigenvalue weighted by Crippen LogP contribution is -2.30. The van der Waals surface area contributed by atoms with E-state index in [-0.39, 0.29) is 0 Å². The largest absolute Gasteiger partial charge is 0.316 e. The normalized spacial score (nSPS) is 25.6. The maximum absolute atomic E-state index is 3.72. The fraction of sp³-hybridized carbons (Fsp3) is 1.00. The van der Waals surface area contributed by atoms with Crippen LogP contribution in [0, 0.1) is 11.8 Å². The van der Waals surface area contributed by atoms with E-state index in [0.717, 1.165) is 11.8 Å². The molecule has 1 nitrogen and oxygen atoms in total. The van der Waals surface area contributed by atoms with Crippen LogP contribution in [0.4, 0.5) is 0 Å². The van der Waals surface area contributed by atoms with E-state index < -0.39 is 0 Å². The molecular weight excluding hydrogens is 202 g/mol. The first-order valence-corrected chi connectivity index (χ1v) is 7.89. The van der Waals surface area contributed by atoms with Gasteiger partial charge < -0.3 is 5.32 Å². The molecule has 0 aromatic carbocycles. The molecule has 0 aromatic rings. The first kappa shape index (κ1) is 11.8. The summed E-state index contributed by atoms with van der Waals surface area (Å²) in [5.41, 5.74) is 0. The topological polar surface area (TPSA) is 12.0 Å². The van der Waals surface area contributed by atoms with Crippen LogP contribution in [0.5, 0.6) is 0 Å². The summed E-state index contributed by atoms with van der Waals surface area (Å²) in [5.74, 6) is 4.78. The molecule has 1 aliphatic heterocycles. The predicted octanol–water partition coefficient (Wildman–Crippen LogP) is 3.30. The molecule has 1 saturated carbocycles. The molecule has 0 atom stereocenters. The zero-order chi connectivity index (χ0) is 10.3. The zero-order valence-corrected chi connectivity index (χ0v) is 10.7. The molecule has 1 aliphatic carbocycles. The van der Waals surface area contributed by atoms with E-state index in [1.165, 1.54) is 69.5 Å². The Bertz CT molecular complexity index is 142. The van der Waals surface area contributed by atoms with Gasteiger partial charge in [0.15, 0.2) is 0 Å². The van der Waals surface area contributed by atoms with Gasteiger partial charge >= 0.3 is 0 Å². The molecule has 0 spiro atoms. The number of nitrogens with one attached hydrogen (secondary N) is 1. The molecule has 0 bridgehead atoms. The summed E-state index contributed by atoms with van der Waals surface area (Å²) in [6.45, 7) is 2.58. The van der Waals surface area contributed by atoms with E-state index in [0.29, 0.717) is 0 Å². The summed E-state index contributed by atoms with van der Waals surface area (Å²) in [5, 5.41) is 3.72. The van der Waals surface area contributed by atoms with Gasteiger partial charge in [0.1, 0.15) is 0 Å². The van der Waals surface area contributed by atoms with E-state index in [4.69, 9.17) is 0 Å². The number of rotatable bonds is 4. The molecule has 0 unspecified atom stereocenters. The van der Waals surface area contributed by atoms with Gasteiger partial charge in [-0.15, -0.1) is 0 Å². The van der Waals surface area contributed by atoms with Gasteiger partial charge in [-0.1, -0.05) is 19.3 Å². The Morgan fingerprint density at radius 3 is 2.07 bits per heavy atom. The highest BCUT2D eigenvalue weighted by molar-refractivity contribution is 7.99. The summed E-state index contributed by atoms with van der Waals surface area (Å²) in [4.78, 5) is 0. The Kier molecular flexibility index (Phi) is 5.34. The lowest BCUT2D eigenvalue weighted by molar-refractivity contribution is 0.329. The summed E-state index contributed by atoms with van der Waals surface area (Å²) >= 11 is 2.13. The fourth-order valence-corrected chi connectivity index (χ4v) is 4.04. The van der Waals surface area contributed by atoms with Crippen molar-refractivity contribution < 1.29 is 0 Å². The molecule has 1 saturated heterocycles. The number of thioether (sulfide) groups is 1. The molecule has 0 aromatic heterocycles. The maximum atomic E-state index is 3.72. The number of hydrogen-bond donors (Lipinski definition) is 1. The van der Waals surface area contributed by atoms with Gasteiger partial charge in [-0.3, -0.25) is 0 Å². The molecule has 2 aliphatic rings. The third kappa shape index (κ3) is 4.36. The Balaban J connectivity index is 1.53. The molecule has 2 heteroatoms. The zero-order valence-electron chi connectivity index (χ0n) is 9.84. The van der Waals surface area contributed by atoms with Crippen LogP contribution in [0.3, 0.4) is 0 Å². The van der Waals surface area contributed by atoms with E-state index >= 15 is 0 Å². The van der Waals surface area contributed by atoms with Gasteiger partial charge in [0.05, 0.1) is 0 Å². The van der Waals surface area contributed by atoms with Crippen LogP contribution in [0.15, 0.2) is 0 Å². The summed E-state index contributed by atoms with van der Waals surface area (Å²) in [6.07, 6.45) is 10.3. The number of hydrogen-bond acceptors (Lipinski definition) is 2. The minimum atomic E-state index is 0.981. The van der Waals surface area contributed by atoms with Crippen molar-refractivity contribution in [1.82, 2.24) is 5.32 Å². The molecule has 88 valence electrons. The Hall–Kier alpha value is 0.310. The van der Waals surface area contributed by atoms with Gasteiger partial charge in [0, 0.05) is 0 Å². The van der Waals surface area contributed by atoms with Crippen molar-refractivity contribution in [3.05, 3.63) is 0 Å². The quantitative estimate of drug-likeness (QED) is 0.791. The van der Waals surface area contributed by atoms with E-state index in [9.17, 15) is 0 Å². The second-order valence-electron chi connectivity index (χ2n) is 5.22. The molecule has 2 fully saturated rings. The van der Waals surface area contributed by atoms with Crippen LogP contribution >= 0.6 is 11.8 Å². The standard InChI is InChI=1S/C13H25NS/c1-2-4-12(5-3-1)10-14-11-13-6-8-15-9-7-13/h12-14H,1-11H2. The third-order valence-electron chi connectivity index (χ3n) is 3.93. The summed E-state index contributed by atoms with van der Waals surface area (Å²) in [7, 11) is 0. The smallest absolute Gasteiger partial charge is 0.00198 e. The molecule has 0 radical (unpaired) electrons. The van der Waals surface area contributed by atoms with Gasteiger partial charge in [-0.25, -0.2) is 0 Å². The average molecular weight is 227 g/mol. The Morgan fingerprint density at radius 1 is 0.800 bits per heavy atom. The second kappa shape index (κ2) is 6.80. The van der Waals surface area contributed by atoms with Crippen LogP contribution in [-0.4, -0.2) is 24.6 Å². The van der Waals surface area contributed by atoms with Crippen LogP contribution in [0.25, 0.3) is 0 Å². The predicted molar refractivity (Wildman–Crippen MR) is 69.5 cm³/mol. The van der Waals surface area contributed by atoms with Crippen LogP contribution in [0.1, 0.15) is 44.9 Å². The van der Waals surface area contributed by atoms with Crippen LogP contribution in [0.2, 0.25) is 0 Å². The monoisotopic (exact) mass is 227 g/mol. The summed E-state index contributed by atoms with van der Waals surface area (Å²) in [6, 6.07) is 0. The molecule has 15 heavy (non-hydrogen) atoms. The van der Waals surface area contributed by atoms with Crippen molar-refractivity contribution >= 4 is 11.8 Å². The van der Waals surface area contributed by atoms with Gasteiger partial charge in [0.2, 0.25) is 0 Å². The van der Waals surface area contributed by atoms with Crippen molar-refractivity contribution in [2.45, 2.75) is 44.9 Å². The first-order valence-electron chi connectivity index (χ1n) is 6.73. The van der Waals surface area contributed by atoms with Crippen molar-refractivity contribution in [3.8, 4) is 0 Å². The van der Waals surface area contributed by atoms with Crippen molar-refractivity contribution in [3.63, 3.8) is 0 Å². The lowest BCUT2D eigenvalue weighted by atomic mass is 9.89. The Labute approximate surface area is 98.8 Å². The minimum absolute atomic E-state index is 0.981. The van der Waals surface area contributed by atoms with E-state index in [2.05, 4.69) is 17.1 Å². The van der Waals surface area contributed by atoms with Gasteiger partial charge in [-0.05, 0) is 62.1 Å². The second-order valence-corrected chi connectivity index (χ2v) is 6.44.